The maximum atomic E-state index is 5.69. The van der Waals surface area contributed by atoms with Crippen molar-refractivity contribution in [3.63, 3.8) is 0 Å². The van der Waals surface area contributed by atoms with Crippen LogP contribution in [0.2, 0.25) is 0 Å². The van der Waals surface area contributed by atoms with Crippen molar-refractivity contribution in [3.05, 3.63) is 42.2 Å². The van der Waals surface area contributed by atoms with Gasteiger partial charge < -0.3 is 4.74 Å². The lowest BCUT2D eigenvalue weighted by atomic mass is 9.68. The van der Waals surface area contributed by atoms with E-state index in [2.05, 4.69) is 48.1 Å². The van der Waals surface area contributed by atoms with Crippen molar-refractivity contribution in [2.75, 3.05) is 6.61 Å². The van der Waals surface area contributed by atoms with Gasteiger partial charge in [0.05, 0.1) is 19.0 Å². The molecule has 186 valence electrons. The Hall–Kier alpha value is -1.90. The van der Waals surface area contributed by atoms with E-state index in [0.29, 0.717) is 0 Å². The van der Waals surface area contributed by atoms with E-state index in [1.54, 1.807) is 12.4 Å². The predicted molar refractivity (Wildman–Crippen MR) is 142 cm³/mol. The van der Waals surface area contributed by atoms with Gasteiger partial charge in [-0.2, -0.15) is 0 Å². The minimum atomic E-state index is 0.728. The van der Waals surface area contributed by atoms with Crippen LogP contribution < -0.4 is 4.74 Å². The Morgan fingerprint density at radius 2 is 1.35 bits per heavy atom. The maximum Gasteiger partial charge on any atom is 0.159 e. The second-order valence-corrected chi connectivity index (χ2v) is 11.0. The smallest absolute Gasteiger partial charge is 0.159 e. The standard InChI is InChI=1S/C31H46N2O/c1-3-5-7-8-24-9-11-25(12-10-24)26-13-15-27(16-14-26)28-17-19-29(20-18-28)31-32-22-30(23-33-31)34-21-6-4-2/h17-20,22-27H,3-16,21H2,1-2H3. The molecule has 0 atom stereocenters. The molecule has 1 heterocycles. The molecule has 2 saturated carbocycles. The van der Waals surface area contributed by atoms with E-state index in [0.717, 1.165) is 60.3 Å². The van der Waals surface area contributed by atoms with Crippen LogP contribution in [0.4, 0.5) is 0 Å². The van der Waals surface area contributed by atoms with Gasteiger partial charge in [0.25, 0.3) is 0 Å². The quantitative estimate of drug-likeness (QED) is 0.312. The lowest BCUT2D eigenvalue weighted by molar-refractivity contribution is 0.155. The highest BCUT2D eigenvalue weighted by Crippen LogP contribution is 2.44. The number of hydrogen-bond acceptors (Lipinski definition) is 3. The Kier molecular flexibility index (Phi) is 9.83. The van der Waals surface area contributed by atoms with Crippen LogP contribution in [0.1, 0.15) is 115 Å². The van der Waals surface area contributed by atoms with Crippen LogP contribution >= 0.6 is 0 Å². The van der Waals surface area contributed by atoms with Crippen molar-refractivity contribution in [3.8, 4) is 17.1 Å². The molecule has 2 fully saturated rings. The van der Waals surface area contributed by atoms with Gasteiger partial charge in [-0.3, -0.25) is 0 Å². The average Bonchev–Trinajstić information content (AvgIpc) is 2.90. The summed E-state index contributed by atoms with van der Waals surface area (Å²) in [4.78, 5) is 9.04. The van der Waals surface area contributed by atoms with Gasteiger partial charge in [0.1, 0.15) is 0 Å². The van der Waals surface area contributed by atoms with Gasteiger partial charge in [-0.25, -0.2) is 9.97 Å². The molecule has 0 unspecified atom stereocenters. The van der Waals surface area contributed by atoms with Crippen molar-refractivity contribution in [1.29, 1.82) is 0 Å². The molecule has 0 amide bonds. The first-order valence-electron chi connectivity index (χ1n) is 14.3. The van der Waals surface area contributed by atoms with E-state index in [9.17, 15) is 0 Å². The SMILES string of the molecule is CCCCCC1CCC(C2CCC(c3ccc(-c4ncc(OCCCC)cn4)cc3)CC2)CC1. The molecule has 1 aromatic carbocycles. The zero-order valence-electron chi connectivity index (χ0n) is 21.7. The van der Waals surface area contributed by atoms with Gasteiger partial charge in [0, 0.05) is 5.56 Å². The first kappa shape index (κ1) is 25.2. The van der Waals surface area contributed by atoms with Crippen LogP contribution in [0.25, 0.3) is 11.4 Å². The highest BCUT2D eigenvalue weighted by Gasteiger charge is 2.31. The molecule has 4 rings (SSSR count). The van der Waals surface area contributed by atoms with Gasteiger partial charge in [0.2, 0.25) is 0 Å². The summed E-state index contributed by atoms with van der Waals surface area (Å²) < 4.78 is 5.69. The molecule has 3 nitrogen and oxygen atoms in total. The fourth-order valence-corrected chi connectivity index (χ4v) is 6.33. The van der Waals surface area contributed by atoms with E-state index in [1.807, 2.05) is 0 Å². The summed E-state index contributed by atoms with van der Waals surface area (Å²) >= 11 is 0. The second kappa shape index (κ2) is 13.3. The lowest BCUT2D eigenvalue weighted by Crippen LogP contribution is -2.25. The molecule has 34 heavy (non-hydrogen) atoms. The molecule has 0 saturated heterocycles. The Morgan fingerprint density at radius 3 is 1.97 bits per heavy atom. The van der Waals surface area contributed by atoms with E-state index in [4.69, 9.17) is 4.74 Å². The van der Waals surface area contributed by atoms with E-state index in [1.165, 1.54) is 82.6 Å². The Balaban J connectivity index is 1.22. The van der Waals surface area contributed by atoms with Crippen LogP contribution in [0.3, 0.4) is 0 Å². The molecule has 0 aliphatic heterocycles. The maximum absolute atomic E-state index is 5.69. The fourth-order valence-electron chi connectivity index (χ4n) is 6.33. The number of hydrogen-bond donors (Lipinski definition) is 0. The zero-order chi connectivity index (χ0) is 23.6. The van der Waals surface area contributed by atoms with Gasteiger partial charge >= 0.3 is 0 Å². The van der Waals surface area contributed by atoms with Gasteiger partial charge in [-0.05, 0) is 74.2 Å². The first-order chi connectivity index (χ1) is 16.8. The van der Waals surface area contributed by atoms with E-state index in [-0.39, 0.29) is 0 Å². The normalized spacial score (nSPS) is 25.2. The van der Waals surface area contributed by atoms with Crippen LogP contribution in [-0.2, 0) is 0 Å². The number of aromatic nitrogens is 2. The Bertz CT molecular complexity index is 816. The third-order valence-corrected chi connectivity index (χ3v) is 8.58. The summed E-state index contributed by atoms with van der Waals surface area (Å²) in [5.41, 5.74) is 2.59. The largest absolute Gasteiger partial charge is 0.490 e. The minimum Gasteiger partial charge on any atom is -0.490 e. The number of ether oxygens (including phenoxy) is 1. The monoisotopic (exact) mass is 462 g/mol. The minimum absolute atomic E-state index is 0.728. The molecular weight excluding hydrogens is 416 g/mol. The predicted octanol–water partition coefficient (Wildman–Crippen LogP) is 8.98. The highest BCUT2D eigenvalue weighted by atomic mass is 16.5. The van der Waals surface area contributed by atoms with Gasteiger partial charge in [-0.15, -0.1) is 0 Å². The van der Waals surface area contributed by atoms with Crippen LogP contribution in [0.5, 0.6) is 5.75 Å². The average molecular weight is 463 g/mol. The lowest BCUT2D eigenvalue weighted by Gasteiger charge is -2.38. The number of benzene rings is 1. The summed E-state index contributed by atoms with van der Waals surface area (Å²) in [7, 11) is 0. The fraction of sp³-hybridized carbons (Fsp3) is 0.677. The Morgan fingerprint density at radius 1 is 0.735 bits per heavy atom. The second-order valence-electron chi connectivity index (χ2n) is 11.0. The summed E-state index contributed by atoms with van der Waals surface area (Å²) in [6.07, 6.45) is 23.1. The van der Waals surface area contributed by atoms with Crippen molar-refractivity contribution < 1.29 is 4.74 Å². The molecule has 2 aliphatic rings. The molecule has 0 bridgehead atoms. The summed E-state index contributed by atoms with van der Waals surface area (Å²) in [6, 6.07) is 9.04. The molecule has 1 aromatic heterocycles. The van der Waals surface area contributed by atoms with Gasteiger partial charge in [0.15, 0.2) is 11.6 Å². The molecule has 0 spiro atoms. The van der Waals surface area contributed by atoms with Crippen molar-refractivity contribution in [2.45, 2.75) is 110 Å². The van der Waals surface area contributed by atoms with Crippen molar-refractivity contribution >= 4 is 0 Å². The van der Waals surface area contributed by atoms with Gasteiger partial charge in [-0.1, -0.05) is 83.1 Å². The van der Waals surface area contributed by atoms with Crippen LogP contribution in [-0.4, -0.2) is 16.6 Å². The molecule has 2 aliphatic carbocycles. The first-order valence-corrected chi connectivity index (χ1v) is 14.3. The third-order valence-electron chi connectivity index (χ3n) is 8.58. The molecule has 0 radical (unpaired) electrons. The molecular formula is C31H46N2O. The molecule has 2 aromatic rings. The number of rotatable bonds is 11. The third kappa shape index (κ3) is 7.06. The van der Waals surface area contributed by atoms with E-state index >= 15 is 0 Å². The zero-order valence-corrected chi connectivity index (χ0v) is 21.7. The Labute approximate surface area is 208 Å². The molecule has 0 N–H and O–H groups in total. The van der Waals surface area contributed by atoms with E-state index < -0.39 is 0 Å². The number of unbranched alkanes of at least 4 members (excludes halogenated alkanes) is 3. The highest BCUT2D eigenvalue weighted by molar-refractivity contribution is 5.55. The topological polar surface area (TPSA) is 35.0 Å². The van der Waals surface area contributed by atoms with Crippen LogP contribution in [0.15, 0.2) is 36.7 Å². The summed E-state index contributed by atoms with van der Waals surface area (Å²) in [5.74, 6) is 5.30. The van der Waals surface area contributed by atoms with Crippen molar-refractivity contribution in [2.24, 2.45) is 17.8 Å². The number of nitrogens with zero attached hydrogens (tertiary/aromatic N) is 2. The molecule has 3 heteroatoms. The van der Waals surface area contributed by atoms with Crippen molar-refractivity contribution in [1.82, 2.24) is 9.97 Å². The summed E-state index contributed by atoms with van der Waals surface area (Å²) in [5, 5.41) is 0. The summed E-state index contributed by atoms with van der Waals surface area (Å²) in [6.45, 7) is 5.22. The van der Waals surface area contributed by atoms with Crippen LogP contribution in [0, 0.1) is 17.8 Å².